The first-order chi connectivity index (χ1) is 5.27. The molecule has 0 aliphatic carbocycles. The summed E-state index contributed by atoms with van der Waals surface area (Å²) in [6.45, 7) is 0. The fraction of sp³-hybridized carbons (Fsp3) is 0. The van der Waals surface area contributed by atoms with Crippen LogP contribution in [-0.2, 0) is 0 Å². The molecule has 2 aromatic heterocycles. The Labute approximate surface area is 65.6 Å². The molecule has 5 nitrogen and oxygen atoms in total. The Bertz CT molecular complexity index is 445. The van der Waals surface area contributed by atoms with Crippen LogP contribution in [0.15, 0.2) is 17.2 Å². The largest absolute Gasteiger partial charge is 0.278 e. The number of aromatic amines is 1. The van der Waals surface area contributed by atoms with Gasteiger partial charge in [0.2, 0.25) is 0 Å². The Kier molecular flexibility index (Phi) is 1.19. The van der Waals surface area contributed by atoms with Crippen LogP contribution in [-0.4, -0.2) is 19.6 Å². The van der Waals surface area contributed by atoms with Crippen molar-refractivity contribution >= 4 is 17.4 Å². The van der Waals surface area contributed by atoms with Gasteiger partial charge in [0.05, 0.1) is 0 Å². The third-order valence-corrected chi connectivity index (χ3v) is 1.43. The van der Waals surface area contributed by atoms with E-state index in [-0.39, 0.29) is 16.5 Å². The number of fused-ring (bicyclic) bond motifs is 1. The predicted molar refractivity (Wildman–Crippen MR) is 38.6 cm³/mol. The van der Waals surface area contributed by atoms with E-state index in [1.54, 1.807) is 0 Å². The molecule has 56 valence electrons. The Hall–Kier alpha value is -1.36. The number of nitrogens with one attached hydrogen (secondary N) is 1. The minimum atomic E-state index is -0.266. The normalized spacial score (nSPS) is 10.6. The van der Waals surface area contributed by atoms with Gasteiger partial charge < -0.3 is 0 Å². The van der Waals surface area contributed by atoms with Crippen LogP contribution in [0.2, 0.25) is 5.15 Å². The van der Waals surface area contributed by atoms with E-state index in [2.05, 4.69) is 15.1 Å². The summed E-state index contributed by atoms with van der Waals surface area (Å²) < 4.78 is 1.20. The first-order valence-electron chi connectivity index (χ1n) is 2.86. The molecule has 0 unspecified atom stereocenters. The molecule has 0 bridgehead atoms. The van der Waals surface area contributed by atoms with Gasteiger partial charge in [-0.1, -0.05) is 11.6 Å². The summed E-state index contributed by atoms with van der Waals surface area (Å²) >= 11 is 5.50. The maximum atomic E-state index is 11.0. The molecule has 0 spiro atoms. The van der Waals surface area contributed by atoms with Crippen molar-refractivity contribution in [1.82, 2.24) is 19.6 Å². The molecule has 0 amide bonds. The summed E-state index contributed by atoms with van der Waals surface area (Å²) in [5, 5.41) is 2.74. The molecule has 2 rings (SSSR count). The zero-order chi connectivity index (χ0) is 7.84. The summed E-state index contributed by atoms with van der Waals surface area (Å²) in [6.07, 6.45) is 1.38. The second-order valence-corrected chi connectivity index (χ2v) is 2.33. The van der Waals surface area contributed by atoms with Crippen molar-refractivity contribution < 1.29 is 0 Å². The number of nitrogens with zero attached hydrogens (tertiary/aromatic N) is 3. The molecule has 0 atom stereocenters. The molecular weight excluding hydrogens is 168 g/mol. The maximum absolute atomic E-state index is 11.0. The highest BCUT2D eigenvalue weighted by Gasteiger charge is 1.99. The third kappa shape index (κ3) is 0.894. The lowest BCUT2D eigenvalue weighted by Crippen LogP contribution is -2.13. The van der Waals surface area contributed by atoms with Gasteiger partial charge in [-0.25, -0.2) is 4.98 Å². The standard InChI is InChI=1S/C5H3ClN4O/c6-3-1-4(11)10-5(9-3)7-2-8-10/h1-2H,(H,7,8,9). The van der Waals surface area contributed by atoms with Crippen LogP contribution in [0.4, 0.5) is 0 Å². The minimum Gasteiger partial charge on any atom is -0.278 e. The Morgan fingerprint density at radius 2 is 2.45 bits per heavy atom. The average Bonchev–Trinajstić information content (AvgIpc) is 2.34. The number of aromatic nitrogens is 4. The van der Waals surface area contributed by atoms with Gasteiger partial charge in [-0.2, -0.15) is 9.50 Å². The third-order valence-electron chi connectivity index (χ3n) is 1.24. The highest BCUT2D eigenvalue weighted by atomic mass is 35.5. The van der Waals surface area contributed by atoms with Crippen molar-refractivity contribution in [2.45, 2.75) is 0 Å². The quantitative estimate of drug-likeness (QED) is 0.569. The van der Waals surface area contributed by atoms with Crippen LogP contribution < -0.4 is 5.56 Å². The molecule has 0 fully saturated rings. The van der Waals surface area contributed by atoms with E-state index in [1.807, 2.05) is 0 Å². The first-order valence-corrected chi connectivity index (χ1v) is 3.24. The van der Waals surface area contributed by atoms with Gasteiger partial charge in [0.1, 0.15) is 11.5 Å². The predicted octanol–water partition coefficient (Wildman–Crippen LogP) is 0.0710. The summed E-state index contributed by atoms with van der Waals surface area (Å²) in [7, 11) is 0. The van der Waals surface area contributed by atoms with Crippen molar-refractivity contribution in [3.63, 3.8) is 0 Å². The van der Waals surface area contributed by atoms with E-state index >= 15 is 0 Å². The molecule has 0 aliphatic heterocycles. The van der Waals surface area contributed by atoms with Crippen LogP contribution in [0.3, 0.4) is 0 Å². The zero-order valence-corrected chi connectivity index (χ0v) is 6.04. The average molecular weight is 171 g/mol. The van der Waals surface area contributed by atoms with Gasteiger partial charge in [0.15, 0.2) is 0 Å². The second kappa shape index (κ2) is 2.06. The lowest BCUT2D eigenvalue weighted by Gasteiger charge is -1.88. The molecule has 0 saturated heterocycles. The Balaban J connectivity index is 3.02. The van der Waals surface area contributed by atoms with E-state index in [0.29, 0.717) is 0 Å². The SMILES string of the molecule is O=c1cc(Cl)nc2nc[nH]n12. The molecule has 11 heavy (non-hydrogen) atoms. The van der Waals surface area contributed by atoms with Crippen molar-refractivity contribution in [2.75, 3.05) is 0 Å². The van der Waals surface area contributed by atoms with Crippen LogP contribution in [0.25, 0.3) is 5.78 Å². The topological polar surface area (TPSA) is 63.0 Å². The van der Waals surface area contributed by atoms with Crippen molar-refractivity contribution in [2.24, 2.45) is 0 Å². The van der Waals surface area contributed by atoms with Gasteiger partial charge in [0.25, 0.3) is 11.3 Å². The van der Waals surface area contributed by atoms with Crippen molar-refractivity contribution in [3.05, 3.63) is 27.9 Å². The van der Waals surface area contributed by atoms with Crippen LogP contribution in [0.5, 0.6) is 0 Å². The number of hydrogen-bond donors (Lipinski definition) is 1. The Morgan fingerprint density at radius 1 is 1.64 bits per heavy atom. The fourth-order valence-corrected chi connectivity index (χ4v) is 0.964. The van der Waals surface area contributed by atoms with E-state index in [9.17, 15) is 4.79 Å². The number of H-pyrrole nitrogens is 1. The molecular formula is C5H3ClN4O. The highest BCUT2D eigenvalue weighted by Crippen LogP contribution is 1.99. The van der Waals surface area contributed by atoms with Gasteiger partial charge >= 0.3 is 0 Å². The second-order valence-electron chi connectivity index (χ2n) is 1.94. The monoisotopic (exact) mass is 170 g/mol. The molecule has 2 aromatic rings. The highest BCUT2D eigenvalue weighted by molar-refractivity contribution is 6.29. The van der Waals surface area contributed by atoms with E-state index in [0.717, 1.165) is 0 Å². The van der Waals surface area contributed by atoms with E-state index in [1.165, 1.54) is 16.9 Å². The summed E-state index contributed by atoms with van der Waals surface area (Å²) in [5.74, 6) is 0.280. The molecule has 0 aromatic carbocycles. The van der Waals surface area contributed by atoms with Gasteiger partial charge in [-0.3, -0.25) is 9.89 Å². The van der Waals surface area contributed by atoms with Gasteiger partial charge in [-0.05, 0) is 0 Å². The minimum absolute atomic E-state index is 0.155. The maximum Gasteiger partial charge on any atom is 0.275 e. The first kappa shape index (κ1) is 6.36. The molecule has 2 heterocycles. The van der Waals surface area contributed by atoms with E-state index in [4.69, 9.17) is 11.6 Å². The Morgan fingerprint density at radius 3 is 3.27 bits per heavy atom. The number of halogens is 1. The lowest BCUT2D eigenvalue weighted by molar-refractivity contribution is 0.899. The summed E-state index contributed by atoms with van der Waals surface area (Å²) in [4.78, 5) is 18.6. The summed E-state index contributed by atoms with van der Waals surface area (Å²) in [6, 6.07) is 1.22. The van der Waals surface area contributed by atoms with E-state index < -0.39 is 0 Å². The summed E-state index contributed by atoms with van der Waals surface area (Å²) in [5.41, 5.74) is -0.266. The van der Waals surface area contributed by atoms with Gasteiger partial charge in [-0.15, -0.1) is 0 Å². The molecule has 1 N–H and O–H groups in total. The van der Waals surface area contributed by atoms with Crippen molar-refractivity contribution in [1.29, 1.82) is 0 Å². The van der Waals surface area contributed by atoms with Crippen LogP contribution in [0.1, 0.15) is 0 Å². The van der Waals surface area contributed by atoms with Crippen molar-refractivity contribution in [3.8, 4) is 0 Å². The zero-order valence-electron chi connectivity index (χ0n) is 5.28. The molecule has 6 heteroatoms. The van der Waals surface area contributed by atoms with Crippen LogP contribution >= 0.6 is 11.6 Å². The lowest BCUT2D eigenvalue weighted by atomic mass is 10.6. The number of rotatable bonds is 0. The molecule has 0 saturated carbocycles. The molecule has 0 aliphatic rings. The van der Waals surface area contributed by atoms with Gasteiger partial charge in [0, 0.05) is 6.07 Å². The number of hydrogen-bond acceptors (Lipinski definition) is 3. The van der Waals surface area contributed by atoms with Crippen LogP contribution in [0, 0.1) is 0 Å². The fourth-order valence-electron chi connectivity index (χ4n) is 0.795. The smallest absolute Gasteiger partial charge is 0.275 e. The molecule has 0 radical (unpaired) electrons.